The number of hydrogen-bond donors (Lipinski definition) is 1. The Hall–Kier alpha value is -3.50. The van der Waals surface area contributed by atoms with Crippen molar-refractivity contribution < 1.29 is 9.53 Å². The van der Waals surface area contributed by atoms with E-state index in [0.717, 1.165) is 20.4 Å². The minimum Gasteiger partial charge on any atom is -0.494 e. The zero-order chi connectivity index (χ0) is 25.9. The average Bonchev–Trinajstić information content (AvgIpc) is 3.18. The van der Waals surface area contributed by atoms with Crippen molar-refractivity contribution in [3.63, 3.8) is 0 Å². The molecule has 8 heteroatoms. The van der Waals surface area contributed by atoms with Crippen molar-refractivity contribution in [2.24, 2.45) is 4.99 Å². The summed E-state index contributed by atoms with van der Waals surface area (Å²) in [4.78, 5) is 32.7. The first-order chi connectivity index (χ1) is 17.9. The second kappa shape index (κ2) is 10.9. The number of amides is 1. The number of fused-ring (bicyclic) bond motifs is 1. The third-order valence-electron chi connectivity index (χ3n) is 5.95. The van der Waals surface area contributed by atoms with Crippen molar-refractivity contribution in [3.05, 3.63) is 125 Å². The molecular weight excluding hydrogens is 597 g/mol. The van der Waals surface area contributed by atoms with Gasteiger partial charge in [-0.3, -0.25) is 14.2 Å². The molecule has 1 aliphatic heterocycles. The maximum Gasteiger partial charge on any atom is 0.271 e. The lowest BCUT2D eigenvalue weighted by atomic mass is 9.95. The monoisotopic (exact) mass is 621 g/mol. The van der Waals surface area contributed by atoms with Crippen LogP contribution in [0, 0.1) is 3.57 Å². The van der Waals surface area contributed by atoms with Gasteiger partial charge in [-0.2, -0.15) is 0 Å². The number of nitrogens with zero attached hydrogens (tertiary/aromatic N) is 2. The second-order valence-electron chi connectivity index (χ2n) is 8.46. The summed E-state index contributed by atoms with van der Waals surface area (Å²) in [5.74, 6) is 0.437. The van der Waals surface area contributed by atoms with Gasteiger partial charge in [0.15, 0.2) is 4.80 Å². The number of allylic oxidation sites excluding steroid dienone is 1. The lowest BCUT2D eigenvalue weighted by Gasteiger charge is -2.25. The van der Waals surface area contributed by atoms with Crippen LogP contribution >= 0.6 is 33.9 Å². The van der Waals surface area contributed by atoms with Crippen LogP contribution in [-0.2, 0) is 4.79 Å². The minimum absolute atomic E-state index is 0.181. The predicted octanol–water partition coefficient (Wildman–Crippen LogP) is 4.88. The molecule has 186 valence electrons. The van der Waals surface area contributed by atoms with E-state index in [4.69, 9.17) is 9.73 Å². The van der Waals surface area contributed by atoms with E-state index in [1.54, 1.807) is 4.57 Å². The molecular formula is C29H24IN3O3S. The number of hydrogen-bond acceptors (Lipinski definition) is 5. The van der Waals surface area contributed by atoms with Crippen molar-refractivity contribution >= 4 is 51.6 Å². The van der Waals surface area contributed by atoms with Gasteiger partial charge in [-0.05, 0) is 90.0 Å². The topological polar surface area (TPSA) is 72.7 Å². The number of para-hydroxylation sites is 1. The number of ether oxygens (including phenoxy) is 1. The van der Waals surface area contributed by atoms with E-state index in [1.807, 2.05) is 98.8 Å². The Morgan fingerprint density at radius 2 is 1.86 bits per heavy atom. The van der Waals surface area contributed by atoms with E-state index in [1.165, 1.54) is 11.3 Å². The van der Waals surface area contributed by atoms with E-state index in [2.05, 4.69) is 27.9 Å². The molecule has 4 aromatic rings. The Kier molecular flexibility index (Phi) is 7.38. The van der Waals surface area contributed by atoms with Crippen LogP contribution in [0.15, 0.2) is 99.9 Å². The van der Waals surface area contributed by atoms with Crippen LogP contribution in [0.25, 0.3) is 6.08 Å². The van der Waals surface area contributed by atoms with Gasteiger partial charge in [-0.1, -0.05) is 53.8 Å². The van der Waals surface area contributed by atoms with Crippen LogP contribution in [0.3, 0.4) is 0 Å². The Bertz CT molecular complexity index is 1670. The molecule has 1 aliphatic rings. The molecule has 1 N–H and O–H groups in total. The number of aromatic nitrogens is 1. The van der Waals surface area contributed by atoms with Crippen molar-refractivity contribution in [2.45, 2.75) is 19.9 Å². The van der Waals surface area contributed by atoms with Gasteiger partial charge >= 0.3 is 0 Å². The summed E-state index contributed by atoms with van der Waals surface area (Å²) >= 11 is 3.58. The number of thiazole rings is 1. The fraction of sp³-hybridized carbons (Fsp3) is 0.138. The highest BCUT2D eigenvalue weighted by molar-refractivity contribution is 14.1. The summed E-state index contributed by atoms with van der Waals surface area (Å²) in [6.45, 7) is 4.30. The van der Waals surface area contributed by atoms with Crippen LogP contribution in [0.2, 0.25) is 0 Å². The van der Waals surface area contributed by atoms with E-state index in [0.29, 0.717) is 32.9 Å². The van der Waals surface area contributed by atoms with Crippen LogP contribution in [0.1, 0.15) is 31.0 Å². The Morgan fingerprint density at radius 3 is 2.57 bits per heavy atom. The molecule has 0 bridgehead atoms. The number of nitrogens with one attached hydrogen (secondary N) is 1. The molecule has 2 heterocycles. The minimum atomic E-state index is -0.631. The van der Waals surface area contributed by atoms with Gasteiger partial charge in [0.2, 0.25) is 0 Å². The molecule has 37 heavy (non-hydrogen) atoms. The third kappa shape index (κ3) is 5.30. The molecule has 1 amide bonds. The van der Waals surface area contributed by atoms with Crippen LogP contribution < -0.4 is 24.9 Å². The molecule has 1 atom stereocenters. The van der Waals surface area contributed by atoms with Crippen molar-refractivity contribution in [1.82, 2.24) is 4.57 Å². The van der Waals surface area contributed by atoms with Gasteiger partial charge in [0.25, 0.3) is 11.5 Å². The number of carbonyl (C=O) groups excluding carboxylic acids is 1. The smallest absolute Gasteiger partial charge is 0.271 e. The second-order valence-corrected chi connectivity index (χ2v) is 10.7. The molecule has 5 rings (SSSR count). The standard InChI is InChI=1S/C29H24IN3O3S/c1-3-36-23-14-12-20(13-15-23)26-25(27(34)32-22-10-5-4-6-11-22)18(2)31-29-33(26)28(35)24(37-29)17-19-8-7-9-21(30)16-19/h4-17,26H,3H2,1-2H3,(H,32,34)/b24-17+/t26-/m0/s1. The van der Waals surface area contributed by atoms with Crippen LogP contribution in [-0.4, -0.2) is 17.1 Å². The number of carbonyl (C=O) groups is 1. The Morgan fingerprint density at radius 1 is 1.11 bits per heavy atom. The van der Waals surface area contributed by atoms with Crippen LogP contribution in [0.4, 0.5) is 5.69 Å². The SMILES string of the molecule is CCOc1ccc([C@H]2C(C(=O)Nc3ccccc3)=C(C)N=c3s/c(=C/c4cccc(I)c4)c(=O)n32)cc1. The molecule has 0 spiro atoms. The largest absolute Gasteiger partial charge is 0.494 e. The van der Waals surface area contributed by atoms with Crippen molar-refractivity contribution in [2.75, 3.05) is 11.9 Å². The third-order valence-corrected chi connectivity index (χ3v) is 7.61. The number of rotatable bonds is 6. The van der Waals surface area contributed by atoms with Gasteiger partial charge in [-0.25, -0.2) is 4.99 Å². The average molecular weight is 622 g/mol. The fourth-order valence-corrected chi connectivity index (χ4v) is 5.92. The molecule has 0 unspecified atom stereocenters. The van der Waals surface area contributed by atoms with Crippen molar-refractivity contribution in [1.29, 1.82) is 0 Å². The summed E-state index contributed by atoms with van der Waals surface area (Å²) in [6, 6.07) is 24.1. The predicted molar refractivity (Wildman–Crippen MR) is 156 cm³/mol. The molecule has 0 saturated carbocycles. The Labute approximate surface area is 231 Å². The summed E-state index contributed by atoms with van der Waals surface area (Å²) in [5.41, 5.74) is 3.24. The van der Waals surface area contributed by atoms with E-state index >= 15 is 0 Å². The lowest BCUT2D eigenvalue weighted by molar-refractivity contribution is -0.113. The van der Waals surface area contributed by atoms with Gasteiger partial charge in [0, 0.05) is 9.26 Å². The lowest BCUT2D eigenvalue weighted by Crippen LogP contribution is -2.40. The maximum atomic E-state index is 13.8. The number of halogens is 1. The first-order valence-corrected chi connectivity index (χ1v) is 13.7. The summed E-state index contributed by atoms with van der Waals surface area (Å²) < 4.78 is 8.90. The molecule has 1 aromatic heterocycles. The Balaban J connectivity index is 1.66. The highest BCUT2D eigenvalue weighted by atomic mass is 127. The van der Waals surface area contributed by atoms with Gasteiger partial charge < -0.3 is 10.1 Å². The van der Waals surface area contributed by atoms with Crippen molar-refractivity contribution in [3.8, 4) is 5.75 Å². The zero-order valence-corrected chi connectivity index (χ0v) is 23.2. The summed E-state index contributed by atoms with van der Waals surface area (Å²) in [7, 11) is 0. The van der Waals surface area contributed by atoms with E-state index in [-0.39, 0.29) is 11.5 Å². The zero-order valence-electron chi connectivity index (χ0n) is 20.3. The quantitative estimate of drug-likeness (QED) is 0.312. The first-order valence-electron chi connectivity index (χ1n) is 11.8. The molecule has 3 aromatic carbocycles. The first kappa shape index (κ1) is 25.2. The number of benzene rings is 3. The molecule has 0 saturated heterocycles. The van der Waals surface area contributed by atoms with Gasteiger partial charge in [0.1, 0.15) is 5.75 Å². The molecule has 0 radical (unpaired) electrons. The summed E-state index contributed by atoms with van der Waals surface area (Å²) in [6.07, 6.45) is 1.88. The van der Waals surface area contributed by atoms with Gasteiger partial charge in [-0.15, -0.1) is 0 Å². The molecule has 0 fully saturated rings. The fourth-order valence-electron chi connectivity index (χ4n) is 4.31. The normalized spacial score (nSPS) is 15.2. The van der Waals surface area contributed by atoms with E-state index < -0.39 is 6.04 Å². The number of anilines is 1. The summed E-state index contributed by atoms with van der Waals surface area (Å²) in [5, 5.41) is 2.97. The maximum absolute atomic E-state index is 13.8. The molecule has 6 nitrogen and oxygen atoms in total. The van der Waals surface area contributed by atoms with Gasteiger partial charge in [0.05, 0.1) is 28.5 Å². The van der Waals surface area contributed by atoms with E-state index in [9.17, 15) is 9.59 Å². The molecule has 0 aliphatic carbocycles. The van der Waals surface area contributed by atoms with Crippen LogP contribution in [0.5, 0.6) is 5.75 Å². The highest BCUT2D eigenvalue weighted by Gasteiger charge is 2.32. The highest BCUT2D eigenvalue weighted by Crippen LogP contribution is 2.31.